The Morgan fingerprint density at radius 3 is 2.43 bits per heavy atom. The zero-order valence-corrected chi connectivity index (χ0v) is 22.0. The molecule has 0 aliphatic carbocycles. The van der Waals surface area contributed by atoms with Gasteiger partial charge in [0.05, 0.1) is 0 Å². The van der Waals surface area contributed by atoms with Gasteiger partial charge in [-0.05, 0) is 55.2 Å². The zero-order valence-electron chi connectivity index (χ0n) is 22.0. The monoisotopic (exact) mass is 503 g/mol. The zero-order chi connectivity index (χ0) is 26.2. The van der Waals surface area contributed by atoms with Gasteiger partial charge in [-0.25, -0.2) is 4.39 Å². The summed E-state index contributed by atoms with van der Waals surface area (Å²) < 4.78 is 16.9. The third-order valence-corrected chi connectivity index (χ3v) is 7.19. The second-order valence-corrected chi connectivity index (χ2v) is 9.87. The Morgan fingerprint density at radius 2 is 1.70 bits per heavy atom. The SMILES string of the molecule is CCCCCCc1ccc(C(=O)N(CCC)CC(=O)N2CCn3cccc3C2c2ccccc2F)cc1. The Balaban J connectivity index is 1.50. The number of unbranched alkanes of at least 4 members (excludes halogenated alkanes) is 3. The molecule has 1 aliphatic heterocycles. The molecule has 0 saturated heterocycles. The standard InChI is InChI=1S/C31H38FN3O2/c1-3-5-6-7-11-24-15-17-25(18-16-24)31(37)34(19-4-2)23-29(36)35-22-21-33-20-10-14-28(33)30(35)26-12-8-9-13-27(26)32/h8-10,12-18,20,30H,3-7,11,19,21-23H2,1-2H3. The molecule has 0 radical (unpaired) electrons. The van der Waals surface area contributed by atoms with Gasteiger partial charge in [0, 0.05) is 42.7 Å². The van der Waals surface area contributed by atoms with Crippen molar-refractivity contribution in [3.63, 3.8) is 0 Å². The first-order chi connectivity index (χ1) is 18.0. The number of benzene rings is 2. The molecule has 5 nitrogen and oxygen atoms in total. The van der Waals surface area contributed by atoms with E-state index in [1.54, 1.807) is 28.0 Å². The van der Waals surface area contributed by atoms with E-state index in [2.05, 4.69) is 11.5 Å². The highest BCUT2D eigenvalue weighted by atomic mass is 19.1. The van der Waals surface area contributed by atoms with E-state index < -0.39 is 6.04 Å². The lowest BCUT2D eigenvalue weighted by atomic mass is 9.99. The summed E-state index contributed by atoms with van der Waals surface area (Å²) in [6.45, 7) is 5.76. The van der Waals surface area contributed by atoms with Crippen molar-refractivity contribution < 1.29 is 14.0 Å². The van der Waals surface area contributed by atoms with Crippen molar-refractivity contribution in [2.75, 3.05) is 19.6 Å². The van der Waals surface area contributed by atoms with Crippen LogP contribution >= 0.6 is 0 Å². The third kappa shape index (κ3) is 6.30. The number of carbonyl (C=O) groups is 2. The number of halogens is 1. The highest BCUT2D eigenvalue weighted by Gasteiger charge is 2.34. The lowest BCUT2D eigenvalue weighted by Crippen LogP contribution is -2.48. The molecule has 1 aromatic heterocycles. The number of aromatic nitrogens is 1. The maximum Gasteiger partial charge on any atom is 0.254 e. The average molecular weight is 504 g/mol. The first-order valence-corrected chi connectivity index (χ1v) is 13.6. The van der Waals surface area contributed by atoms with E-state index in [1.807, 2.05) is 49.5 Å². The molecule has 6 heteroatoms. The largest absolute Gasteiger partial charge is 0.348 e. The van der Waals surface area contributed by atoms with Crippen molar-refractivity contribution >= 4 is 11.8 Å². The van der Waals surface area contributed by atoms with Gasteiger partial charge in [-0.15, -0.1) is 0 Å². The molecule has 0 N–H and O–H groups in total. The molecule has 1 aliphatic rings. The fraction of sp³-hybridized carbons (Fsp3) is 0.419. The molecule has 0 fully saturated rings. The Labute approximate surface area is 219 Å². The number of hydrogen-bond donors (Lipinski definition) is 0. The Hall–Kier alpha value is -3.41. The van der Waals surface area contributed by atoms with Crippen LogP contribution in [0.5, 0.6) is 0 Å². The van der Waals surface area contributed by atoms with Crippen molar-refractivity contribution in [1.29, 1.82) is 0 Å². The van der Waals surface area contributed by atoms with Crippen LogP contribution in [0.2, 0.25) is 0 Å². The summed E-state index contributed by atoms with van der Waals surface area (Å²) >= 11 is 0. The minimum atomic E-state index is -0.525. The van der Waals surface area contributed by atoms with Crippen molar-refractivity contribution in [3.05, 3.63) is 95.1 Å². The molecule has 3 aromatic rings. The van der Waals surface area contributed by atoms with E-state index in [9.17, 15) is 14.0 Å². The molecule has 1 unspecified atom stereocenters. The molecule has 2 heterocycles. The van der Waals surface area contributed by atoms with Crippen LogP contribution in [-0.2, 0) is 17.8 Å². The van der Waals surface area contributed by atoms with Gasteiger partial charge in [-0.3, -0.25) is 9.59 Å². The number of amides is 2. The Kier molecular flexibility index (Phi) is 9.15. The summed E-state index contributed by atoms with van der Waals surface area (Å²) in [5.41, 5.74) is 3.18. The first-order valence-electron chi connectivity index (χ1n) is 13.6. The van der Waals surface area contributed by atoms with Gasteiger partial charge in [-0.2, -0.15) is 0 Å². The van der Waals surface area contributed by atoms with Crippen LogP contribution in [0.1, 0.15) is 79.2 Å². The van der Waals surface area contributed by atoms with Crippen molar-refractivity contribution in [2.45, 2.75) is 65.0 Å². The van der Waals surface area contributed by atoms with E-state index in [0.29, 0.717) is 30.8 Å². The summed E-state index contributed by atoms with van der Waals surface area (Å²) in [6, 6.07) is 17.8. The van der Waals surface area contributed by atoms with Crippen LogP contribution in [-0.4, -0.2) is 45.8 Å². The van der Waals surface area contributed by atoms with Crippen LogP contribution in [0.3, 0.4) is 0 Å². The smallest absolute Gasteiger partial charge is 0.254 e. The molecule has 0 saturated carbocycles. The van der Waals surface area contributed by atoms with E-state index in [-0.39, 0.29) is 24.2 Å². The van der Waals surface area contributed by atoms with E-state index in [0.717, 1.165) is 25.0 Å². The number of nitrogens with zero attached hydrogens (tertiary/aromatic N) is 3. The van der Waals surface area contributed by atoms with Gasteiger partial charge >= 0.3 is 0 Å². The van der Waals surface area contributed by atoms with E-state index in [4.69, 9.17) is 0 Å². The minimum absolute atomic E-state index is 0.0307. The van der Waals surface area contributed by atoms with E-state index in [1.165, 1.54) is 30.9 Å². The van der Waals surface area contributed by atoms with Crippen LogP contribution in [0, 0.1) is 5.82 Å². The molecule has 2 amide bonds. The van der Waals surface area contributed by atoms with Crippen LogP contribution in [0.25, 0.3) is 0 Å². The summed E-state index contributed by atoms with van der Waals surface area (Å²) in [5.74, 6) is -0.651. The van der Waals surface area contributed by atoms with Crippen LogP contribution in [0.4, 0.5) is 4.39 Å². The van der Waals surface area contributed by atoms with Crippen LogP contribution in [0.15, 0.2) is 66.9 Å². The first kappa shape index (κ1) is 26.6. The van der Waals surface area contributed by atoms with Gasteiger partial charge in [0.2, 0.25) is 5.91 Å². The second kappa shape index (κ2) is 12.7. The third-order valence-electron chi connectivity index (χ3n) is 7.19. The number of rotatable bonds is 11. The maximum atomic E-state index is 14.9. The number of hydrogen-bond acceptors (Lipinski definition) is 2. The van der Waals surface area contributed by atoms with E-state index >= 15 is 0 Å². The highest BCUT2D eigenvalue weighted by molar-refractivity contribution is 5.96. The van der Waals surface area contributed by atoms with Crippen molar-refractivity contribution in [2.24, 2.45) is 0 Å². The second-order valence-electron chi connectivity index (χ2n) is 9.87. The van der Waals surface area contributed by atoms with Crippen molar-refractivity contribution in [3.8, 4) is 0 Å². The Morgan fingerprint density at radius 1 is 0.919 bits per heavy atom. The maximum absolute atomic E-state index is 14.9. The van der Waals surface area contributed by atoms with Crippen molar-refractivity contribution in [1.82, 2.24) is 14.4 Å². The lowest BCUT2D eigenvalue weighted by Gasteiger charge is -2.38. The topological polar surface area (TPSA) is 45.6 Å². The lowest BCUT2D eigenvalue weighted by molar-refractivity contribution is -0.134. The number of fused-ring (bicyclic) bond motifs is 1. The van der Waals surface area contributed by atoms with Gasteiger partial charge in [0.15, 0.2) is 0 Å². The number of carbonyl (C=O) groups excluding carboxylic acids is 2. The molecule has 37 heavy (non-hydrogen) atoms. The predicted octanol–water partition coefficient (Wildman–Crippen LogP) is 6.23. The molecule has 2 aromatic carbocycles. The van der Waals surface area contributed by atoms with Crippen LogP contribution < -0.4 is 0 Å². The summed E-state index contributed by atoms with van der Waals surface area (Å²) in [7, 11) is 0. The fourth-order valence-corrected chi connectivity index (χ4v) is 5.21. The fourth-order valence-electron chi connectivity index (χ4n) is 5.21. The summed E-state index contributed by atoms with van der Waals surface area (Å²) in [5, 5.41) is 0. The minimum Gasteiger partial charge on any atom is -0.348 e. The molecular weight excluding hydrogens is 465 g/mol. The van der Waals surface area contributed by atoms with Gasteiger partial charge in [-0.1, -0.05) is 63.4 Å². The number of aryl methyl sites for hydroxylation is 1. The molecule has 196 valence electrons. The highest BCUT2D eigenvalue weighted by Crippen LogP contribution is 2.34. The molecular formula is C31H38FN3O2. The van der Waals surface area contributed by atoms with Gasteiger partial charge < -0.3 is 14.4 Å². The summed E-state index contributed by atoms with van der Waals surface area (Å²) in [6.07, 6.45) is 8.56. The Bertz CT molecular complexity index is 1190. The molecule has 0 spiro atoms. The summed E-state index contributed by atoms with van der Waals surface area (Å²) in [4.78, 5) is 30.4. The quantitative estimate of drug-likeness (QED) is 0.291. The molecule has 4 rings (SSSR count). The predicted molar refractivity (Wildman–Crippen MR) is 145 cm³/mol. The van der Waals surface area contributed by atoms with Gasteiger partial charge in [0.25, 0.3) is 5.91 Å². The molecule has 1 atom stereocenters. The van der Waals surface area contributed by atoms with Gasteiger partial charge in [0.1, 0.15) is 18.4 Å². The normalized spacial score (nSPS) is 14.9. The average Bonchev–Trinajstić information content (AvgIpc) is 3.40. The molecule has 0 bridgehead atoms.